The molecular formula is C21H24ClFN2O. The highest BCUT2D eigenvalue weighted by molar-refractivity contribution is 6.34. The van der Waals surface area contributed by atoms with E-state index in [1.807, 2.05) is 32.0 Å². The molecular weight excluding hydrogens is 351 g/mol. The van der Waals surface area contributed by atoms with E-state index in [-0.39, 0.29) is 17.8 Å². The zero-order valence-corrected chi connectivity index (χ0v) is 15.9. The van der Waals surface area contributed by atoms with E-state index < -0.39 is 0 Å². The van der Waals surface area contributed by atoms with Crippen LogP contribution in [0.1, 0.15) is 29.5 Å². The molecule has 2 aromatic rings. The molecule has 1 heterocycles. The van der Waals surface area contributed by atoms with Crippen molar-refractivity contribution in [3.63, 3.8) is 0 Å². The number of amides is 1. The zero-order chi connectivity index (χ0) is 18.7. The molecule has 0 saturated carbocycles. The molecule has 0 bridgehead atoms. The van der Waals surface area contributed by atoms with Crippen molar-refractivity contribution in [3.05, 3.63) is 63.9 Å². The van der Waals surface area contributed by atoms with E-state index in [2.05, 4.69) is 10.2 Å². The molecule has 3 nitrogen and oxygen atoms in total. The van der Waals surface area contributed by atoms with Crippen molar-refractivity contribution in [2.75, 3.05) is 18.4 Å². The lowest BCUT2D eigenvalue weighted by Crippen LogP contribution is -2.38. The minimum Gasteiger partial charge on any atom is -0.323 e. The molecule has 0 radical (unpaired) electrons. The standard InChI is InChI=1S/C21H24ClFN2O/c1-14-9-15(2)21(19(22)10-14)24-20(26)13-25-8-4-7-18(25)12-16-5-3-6-17(23)11-16/h3,5-6,9-11,18H,4,7-8,12-13H2,1-2H3,(H,24,26). The number of anilines is 1. The van der Waals surface area contributed by atoms with Crippen LogP contribution in [0, 0.1) is 19.7 Å². The van der Waals surface area contributed by atoms with Crippen LogP contribution < -0.4 is 5.32 Å². The molecule has 2 aromatic carbocycles. The lowest BCUT2D eigenvalue weighted by atomic mass is 10.0. The highest BCUT2D eigenvalue weighted by Crippen LogP contribution is 2.28. The number of hydrogen-bond donors (Lipinski definition) is 1. The first-order valence-corrected chi connectivity index (χ1v) is 9.35. The number of carbonyl (C=O) groups excluding carboxylic acids is 1. The van der Waals surface area contributed by atoms with Gasteiger partial charge in [0.25, 0.3) is 0 Å². The summed E-state index contributed by atoms with van der Waals surface area (Å²) in [5, 5.41) is 3.52. The smallest absolute Gasteiger partial charge is 0.238 e. The minimum absolute atomic E-state index is 0.0648. The van der Waals surface area contributed by atoms with Gasteiger partial charge in [0, 0.05) is 6.04 Å². The Morgan fingerprint density at radius 2 is 2.12 bits per heavy atom. The number of halogens is 2. The number of carbonyl (C=O) groups is 1. The van der Waals surface area contributed by atoms with Crippen LogP contribution in [0.25, 0.3) is 0 Å². The molecule has 1 unspecified atom stereocenters. The molecule has 26 heavy (non-hydrogen) atoms. The number of aryl methyl sites for hydroxylation is 2. The molecule has 1 atom stereocenters. The quantitative estimate of drug-likeness (QED) is 0.819. The summed E-state index contributed by atoms with van der Waals surface area (Å²) in [4.78, 5) is 14.7. The van der Waals surface area contributed by atoms with Gasteiger partial charge < -0.3 is 5.32 Å². The molecule has 138 valence electrons. The van der Waals surface area contributed by atoms with E-state index >= 15 is 0 Å². The molecule has 1 aliphatic heterocycles. The molecule has 1 fully saturated rings. The van der Waals surface area contributed by atoms with Crippen molar-refractivity contribution in [1.29, 1.82) is 0 Å². The second-order valence-electron chi connectivity index (χ2n) is 7.09. The second-order valence-corrected chi connectivity index (χ2v) is 7.49. The first-order chi connectivity index (χ1) is 12.4. The predicted octanol–water partition coefficient (Wildman–Crippen LogP) is 4.74. The van der Waals surface area contributed by atoms with Gasteiger partial charge in [0.05, 0.1) is 17.3 Å². The van der Waals surface area contributed by atoms with Crippen LogP contribution in [-0.4, -0.2) is 29.9 Å². The average molecular weight is 375 g/mol. The number of hydrogen-bond acceptors (Lipinski definition) is 2. The number of nitrogens with one attached hydrogen (secondary N) is 1. The van der Waals surface area contributed by atoms with Gasteiger partial charge in [0.2, 0.25) is 5.91 Å². The molecule has 5 heteroatoms. The van der Waals surface area contributed by atoms with Gasteiger partial charge in [-0.1, -0.05) is 29.8 Å². The van der Waals surface area contributed by atoms with Crippen molar-refractivity contribution >= 4 is 23.2 Å². The lowest BCUT2D eigenvalue weighted by Gasteiger charge is -2.24. The van der Waals surface area contributed by atoms with Crippen LogP contribution in [0.2, 0.25) is 5.02 Å². The maximum absolute atomic E-state index is 13.4. The molecule has 0 spiro atoms. The van der Waals surface area contributed by atoms with Crippen molar-refractivity contribution in [1.82, 2.24) is 4.90 Å². The van der Waals surface area contributed by atoms with E-state index in [0.717, 1.165) is 42.5 Å². The summed E-state index contributed by atoms with van der Waals surface area (Å²) in [6.45, 7) is 5.13. The minimum atomic E-state index is -0.214. The van der Waals surface area contributed by atoms with Gasteiger partial charge >= 0.3 is 0 Å². The largest absolute Gasteiger partial charge is 0.323 e. The Morgan fingerprint density at radius 3 is 2.85 bits per heavy atom. The van der Waals surface area contributed by atoms with E-state index in [4.69, 9.17) is 11.6 Å². The molecule has 1 saturated heterocycles. The van der Waals surface area contributed by atoms with E-state index in [1.54, 1.807) is 12.1 Å². The summed E-state index contributed by atoms with van der Waals surface area (Å²) in [5.41, 5.74) is 3.68. The van der Waals surface area contributed by atoms with Crippen molar-refractivity contribution in [2.45, 2.75) is 39.2 Å². The monoisotopic (exact) mass is 374 g/mol. The SMILES string of the molecule is Cc1cc(C)c(NC(=O)CN2CCCC2Cc2cccc(F)c2)c(Cl)c1. The predicted molar refractivity (Wildman–Crippen MR) is 104 cm³/mol. The van der Waals surface area contributed by atoms with Gasteiger partial charge in [-0.2, -0.15) is 0 Å². The summed E-state index contributed by atoms with van der Waals surface area (Å²) in [6.07, 6.45) is 2.83. The van der Waals surface area contributed by atoms with E-state index in [0.29, 0.717) is 17.3 Å². The second kappa shape index (κ2) is 8.19. The molecule has 0 aromatic heterocycles. The topological polar surface area (TPSA) is 32.3 Å². The summed E-state index contributed by atoms with van der Waals surface area (Å²) in [7, 11) is 0. The Bertz CT molecular complexity index is 785. The van der Waals surface area contributed by atoms with Crippen molar-refractivity contribution < 1.29 is 9.18 Å². The average Bonchev–Trinajstić information content (AvgIpc) is 2.97. The van der Waals surface area contributed by atoms with Gasteiger partial charge in [-0.15, -0.1) is 0 Å². The fourth-order valence-corrected chi connectivity index (χ4v) is 4.08. The number of nitrogens with zero attached hydrogens (tertiary/aromatic N) is 1. The third kappa shape index (κ3) is 4.63. The summed E-state index contributed by atoms with van der Waals surface area (Å²) < 4.78 is 13.4. The van der Waals surface area contributed by atoms with Crippen LogP contribution >= 0.6 is 11.6 Å². The highest BCUT2D eigenvalue weighted by atomic mass is 35.5. The number of likely N-dealkylation sites (tertiary alicyclic amines) is 1. The Balaban J connectivity index is 1.63. The number of rotatable bonds is 5. The van der Waals surface area contributed by atoms with Crippen molar-refractivity contribution in [2.24, 2.45) is 0 Å². The third-order valence-electron chi connectivity index (χ3n) is 4.90. The maximum atomic E-state index is 13.4. The van der Waals surface area contributed by atoms with Crippen LogP contribution in [0.4, 0.5) is 10.1 Å². The normalized spacial score (nSPS) is 17.5. The van der Waals surface area contributed by atoms with Crippen LogP contribution in [0.15, 0.2) is 36.4 Å². The highest BCUT2D eigenvalue weighted by Gasteiger charge is 2.26. The van der Waals surface area contributed by atoms with E-state index in [9.17, 15) is 9.18 Å². The van der Waals surface area contributed by atoms with Gasteiger partial charge in [0.1, 0.15) is 5.82 Å². The lowest BCUT2D eigenvalue weighted by molar-refractivity contribution is -0.117. The Hall–Kier alpha value is -1.91. The Kier molecular flexibility index (Phi) is 5.94. The molecule has 1 aliphatic rings. The van der Waals surface area contributed by atoms with Gasteiger partial charge in [-0.25, -0.2) is 4.39 Å². The Labute approximate surface area is 159 Å². The first-order valence-electron chi connectivity index (χ1n) is 8.97. The fraction of sp³-hybridized carbons (Fsp3) is 0.381. The van der Waals surface area contributed by atoms with Crippen molar-refractivity contribution in [3.8, 4) is 0 Å². The fourth-order valence-electron chi connectivity index (χ4n) is 3.71. The first kappa shape index (κ1) is 18.9. The Morgan fingerprint density at radius 1 is 1.31 bits per heavy atom. The summed E-state index contributed by atoms with van der Waals surface area (Å²) in [6, 6.07) is 10.8. The zero-order valence-electron chi connectivity index (χ0n) is 15.2. The molecule has 1 N–H and O–H groups in total. The van der Waals surface area contributed by atoms with Gasteiger partial charge in [-0.05, 0) is 74.5 Å². The number of benzene rings is 2. The molecule has 1 amide bonds. The molecule has 3 rings (SSSR count). The van der Waals surface area contributed by atoms with Crippen LogP contribution in [0.5, 0.6) is 0 Å². The maximum Gasteiger partial charge on any atom is 0.238 e. The molecule has 0 aliphatic carbocycles. The third-order valence-corrected chi connectivity index (χ3v) is 5.20. The van der Waals surface area contributed by atoms with Crippen LogP contribution in [-0.2, 0) is 11.2 Å². The van der Waals surface area contributed by atoms with E-state index in [1.165, 1.54) is 6.07 Å². The van der Waals surface area contributed by atoms with Crippen LogP contribution in [0.3, 0.4) is 0 Å². The summed E-state index contributed by atoms with van der Waals surface area (Å²) >= 11 is 6.28. The van der Waals surface area contributed by atoms with Gasteiger partial charge in [-0.3, -0.25) is 9.69 Å². The summed E-state index contributed by atoms with van der Waals surface area (Å²) in [5.74, 6) is -0.278. The van der Waals surface area contributed by atoms with Gasteiger partial charge in [0.15, 0.2) is 0 Å².